The highest BCUT2D eigenvalue weighted by Gasteiger charge is 2.24. The van der Waals surface area contributed by atoms with Crippen molar-refractivity contribution in [1.82, 2.24) is 0 Å². The Morgan fingerprint density at radius 2 is 2.33 bits per heavy atom. The summed E-state index contributed by atoms with van der Waals surface area (Å²) in [4.78, 5) is 0. The van der Waals surface area contributed by atoms with Crippen LogP contribution < -0.4 is 5.73 Å². The van der Waals surface area contributed by atoms with E-state index < -0.39 is 0 Å². The van der Waals surface area contributed by atoms with Gasteiger partial charge in [0.25, 0.3) is 0 Å². The minimum Gasteiger partial charge on any atom is -0.330 e. The quantitative estimate of drug-likeness (QED) is 0.648. The van der Waals surface area contributed by atoms with Crippen LogP contribution in [0.4, 0.5) is 0 Å². The van der Waals surface area contributed by atoms with Crippen molar-refractivity contribution in [2.24, 2.45) is 17.6 Å². The van der Waals surface area contributed by atoms with Gasteiger partial charge in [-0.3, -0.25) is 0 Å². The third-order valence-electron chi connectivity index (χ3n) is 2.16. The summed E-state index contributed by atoms with van der Waals surface area (Å²) >= 11 is 2.05. The summed E-state index contributed by atoms with van der Waals surface area (Å²) in [5.74, 6) is 4.47. The Balaban J connectivity index is 2.19. The summed E-state index contributed by atoms with van der Waals surface area (Å²) < 4.78 is 0. The van der Waals surface area contributed by atoms with E-state index in [0.29, 0.717) is 0 Å². The van der Waals surface area contributed by atoms with Crippen LogP contribution in [0.3, 0.4) is 0 Å². The van der Waals surface area contributed by atoms with Crippen LogP contribution in [0.2, 0.25) is 0 Å². The van der Waals surface area contributed by atoms with Crippen LogP contribution in [0.15, 0.2) is 0 Å². The maximum Gasteiger partial charge on any atom is -0.00280 e. The van der Waals surface area contributed by atoms with Gasteiger partial charge in [-0.2, -0.15) is 11.8 Å². The van der Waals surface area contributed by atoms with Gasteiger partial charge in [0.05, 0.1) is 0 Å². The maximum atomic E-state index is 5.58. The Bertz CT molecular complexity index is 77.0. The molecule has 1 heterocycles. The summed E-state index contributed by atoms with van der Waals surface area (Å²) in [5.41, 5.74) is 5.58. The summed E-state index contributed by atoms with van der Waals surface area (Å²) in [7, 11) is 0. The highest BCUT2D eigenvalue weighted by molar-refractivity contribution is 8.00. The van der Waals surface area contributed by atoms with Crippen LogP contribution in [0.25, 0.3) is 0 Å². The van der Waals surface area contributed by atoms with E-state index in [-0.39, 0.29) is 0 Å². The van der Waals surface area contributed by atoms with E-state index in [0.717, 1.165) is 18.4 Å². The van der Waals surface area contributed by atoms with Gasteiger partial charge in [-0.15, -0.1) is 0 Å². The number of hydrogen-bond acceptors (Lipinski definition) is 2. The Morgan fingerprint density at radius 3 is 2.44 bits per heavy atom. The molecule has 0 saturated carbocycles. The topological polar surface area (TPSA) is 26.0 Å². The predicted molar refractivity (Wildman–Crippen MR) is 43.7 cm³/mol. The molecular weight excluding hydrogens is 130 g/mol. The molecule has 0 bridgehead atoms. The lowest BCUT2D eigenvalue weighted by atomic mass is 9.93. The van der Waals surface area contributed by atoms with Gasteiger partial charge in [0.1, 0.15) is 0 Å². The van der Waals surface area contributed by atoms with Gasteiger partial charge in [0.15, 0.2) is 0 Å². The molecule has 2 heteroatoms. The largest absolute Gasteiger partial charge is 0.330 e. The van der Waals surface area contributed by atoms with Crippen molar-refractivity contribution in [3.8, 4) is 0 Å². The zero-order valence-corrected chi connectivity index (χ0v) is 6.79. The van der Waals surface area contributed by atoms with E-state index in [4.69, 9.17) is 5.73 Å². The van der Waals surface area contributed by atoms with Gasteiger partial charge in [-0.25, -0.2) is 0 Å². The van der Waals surface area contributed by atoms with Crippen molar-refractivity contribution < 1.29 is 0 Å². The van der Waals surface area contributed by atoms with Crippen molar-refractivity contribution in [3.05, 3.63) is 0 Å². The number of thioether (sulfide) groups is 1. The fraction of sp³-hybridized carbons (Fsp3) is 1.00. The Kier molecular flexibility index (Phi) is 2.86. The minimum atomic E-state index is 0.811. The average Bonchev–Trinajstić information content (AvgIpc) is 1.78. The summed E-state index contributed by atoms with van der Waals surface area (Å²) in [6.07, 6.45) is 1.27. The second kappa shape index (κ2) is 3.47. The van der Waals surface area contributed by atoms with E-state index in [1.54, 1.807) is 0 Å². The zero-order chi connectivity index (χ0) is 6.69. The molecule has 0 aromatic rings. The van der Waals surface area contributed by atoms with Crippen LogP contribution in [-0.2, 0) is 0 Å². The molecule has 1 fully saturated rings. The normalized spacial score (nSPS) is 23.3. The second-order valence-electron chi connectivity index (χ2n) is 2.70. The first-order chi connectivity index (χ1) is 4.38. The molecule has 0 amide bonds. The monoisotopic (exact) mass is 145 g/mol. The number of hydrogen-bond donors (Lipinski definition) is 1. The second-order valence-corrected chi connectivity index (χ2v) is 3.78. The number of rotatable bonds is 3. The van der Waals surface area contributed by atoms with Crippen molar-refractivity contribution in [3.63, 3.8) is 0 Å². The minimum absolute atomic E-state index is 0.811. The lowest BCUT2D eigenvalue weighted by Crippen LogP contribution is -2.31. The highest BCUT2D eigenvalue weighted by atomic mass is 32.2. The average molecular weight is 145 g/mol. The van der Waals surface area contributed by atoms with Crippen LogP contribution in [0.1, 0.15) is 13.3 Å². The van der Waals surface area contributed by atoms with Crippen LogP contribution in [0, 0.1) is 11.8 Å². The van der Waals surface area contributed by atoms with Gasteiger partial charge in [-0.1, -0.05) is 13.3 Å². The molecule has 1 atom stereocenters. The first-order valence-corrected chi connectivity index (χ1v) is 4.81. The highest BCUT2D eigenvalue weighted by Crippen LogP contribution is 2.31. The van der Waals surface area contributed by atoms with E-state index in [2.05, 4.69) is 6.92 Å². The molecule has 1 saturated heterocycles. The molecule has 0 aliphatic carbocycles. The maximum absolute atomic E-state index is 5.58. The summed E-state index contributed by atoms with van der Waals surface area (Å²) in [6, 6.07) is 0. The van der Waals surface area contributed by atoms with Crippen molar-refractivity contribution in [2.75, 3.05) is 18.1 Å². The molecule has 1 aliphatic rings. The lowest BCUT2D eigenvalue weighted by Gasteiger charge is -2.31. The molecular formula is C7H15NS. The SMILES string of the molecule is CCC(CN)C1CSC1. The van der Waals surface area contributed by atoms with Gasteiger partial charge in [0.2, 0.25) is 0 Å². The number of nitrogens with two attached hydrogens (primary N) is 1. The van der Waals surface area contributed by atoms with E-state index in [9.17, 15) is 0 Å². The predicted octanol–water partition coefficient (Wildman–Crippen LogP) is 1.33. The van der Waals surface area contributed by atoms with E-state index >= 15 is 0 Å². The molecule has 0 aromatic heterocycles. The van der Waals surface area contributed by atoms with Crippen LogP contribution in [-0.4, -0.2) is 18.1 Å². The third kappa shape index (κ3) is 1.62. The van der Waals surface area contributed by atoms with Gasteiger partial charge in [-0.05, 0) is 29.9 Å². The molecule has 0 spiro atoms. The van der Waals surface area contributed by atoms with E-state index in [1.165, 1.54) is 17.9 Å². The Morgan fingerprint density at radius 1 is 1.67 bits per heavy atom. The first-order valence-electron chi connectivity index (χ1n) is 3.66. The van der Waals surface area contributed by atoms with Crippen molar-refractivity contribution in [2.45, 2.75) is 13.3 Å². The first kappa shape index (κ1) is 7.42. The van der Waals surface area contributed by atoms with E-state index in [1.807, 2.05) is 11.8 Å². The van der Waals surface area contributed by atoms with Crippen LogP contribution >= 0.6 is 11.8 Å². The molecule has 0 aromatic carbocycles. The molecule has 1 nitrogen and oxygen atoms in total. The van der Waals surface area contributed by atoms with Gasteiger partial charge >= 0.3 is 0 Å². The molecule has 1 aliphatic heterocycles. The molecule has 9 heavy (non-hydrogen) atoms. The lowest BCUT2D eigenvalue weighted by molar-refractivity contribution is 0.379. The Labute approximate surface area is 61.4 Å². The fourth-order valence-corrected chi connectivity index (χ4v) is 2.27. The van der Waals surface area contributed by atoms with Gasteiger partial charge < -0.3 is 5.73 Å². The molecule has 1 unspecified atom stereocenters. The fourth-order valence-electron chi connectivity index (χ4n) is 1.22. The molecule has 54 valence electrons. The van der Waals surface area contributed by atoms with Crippen molar-refractivity contribution >= 4 is 11.8 Å². The third-order valence-corrected chi connectivity index (χ3v) is 3.49. The Hall–Kier alpha value is 0.310. The smallest absolute Gasteiger partial charge is 0.00280 e. The van der Waals surface area contributed by atoms with Crippen molar-refractivity contribution in [1.29, 1.82) is 0 Å². The molecule has 2 N–H and O–H groups in total. The van der Waals surface area contributed by atoms with Crippen LogP contribution in [0.5, 0.6) is 0 Å². The standard InChI is InChI=1S/C7H15NS/c1-2-6(3-8)7-4-9-5-7/h6-7H,2-5,8H2,1H3. The molecule has 1 rings (SSSR count). The zero-order valence-electron chi connectivity index (χ0n) is 5.97. The summed E-state index contributed by atoms with van der Waals surface area (Å²) in [5, 5.41) is 0. The van der Waals surface area contributed by atoms with Gasteiger partial charge in [0, 0.05) is 0 Å². The summed E-state index contributed by atoms with van der Waals surface area (Å²) in [6.45, 7) is 3.13. The molecule has 0 radical (unpaired) electrons.